The Labute approximate surface area is 148 Å². The Kier molecular flexibility index (Phi) is 5.64. The van der Waals surface area contributed by atoms with Crippen LogP contribution in [0.2, 0.25) is 0 Å². The van der Waals surface area contributed by atoms with E-state index in [1.54, 1.807) is 0 Å². The summed E-state index contributed by atoms with van der Waals surface area (Å²) in [5, 5.41) is 4.79. The minimum absolute atomic E-state index is 0.221. The Bertz CT molecular complexity index is 635. The van der Waals surface area contributed by atoms with E-state index in [1.807, 2.05) is 12.1 Å². The lowest BCUT2D eigenvalue weighted by Gasteiger charge is -2.26. The number of hydrogen-bond donors (Lipinski definition) is 3. The first-order chi connectivity index (χ1) is 12.4. The second kappa shape index (κ2) is 8.29. The summed E-state index contributed by atoms with van der Waals surface area (Å²) < 4.78 is 11.4. The number of fused-ring (bicyclic) bond motifs is 1. The van der Waals surface area contributed by atoms with Crippen LogP contribution in [-0.2, 0) is 4.74 Å². The van der Waals surface area contributed by atoms with Gasteiger partial charge in [-0.05, 0) is 31.6 Å². The molecule has 3 N–H and O–H groups in total. The summed E-state index contributed by atoms with van der Waals surface area (Å²) in [6.07, 6.45) is 1.18. The second-order valence-corrected chi connectivity index (χ2v) is 6.96. The molecule has 0 aliphatic carbocycles. The summed E-state index contributed by atoms with van der Waals surface area (Å²) >= 11 is 0. The average Bonchev–Trinajstić information content (AvgIpc) is 3.28. The maximum atomic E-state index is 6.04. The summed E-state index contributed by atoms with van der Waals surface area (Å²) in [5.74, 6) is 1.51. The summed E-state index contributed by atoms with van der Waals surface area (Å²) in [6.45, 7) is 8.07. The van der Waals surface area contributed by atoms with Gasteiger partial charge in [0.25, 0.3) is 0 Å². The molecule has 6 heteroatoms. The molecule has 2 aliphatic rings. The molecule has 6 nitrogen and oxygen atoms in total. The van der Waals surface area contributed by atoms with Gasteiger partial charge in [-0.1, -0.05) is 18.2 Å². The molecule has 3 heterocycles. The highest BCUT2D eigenvalue weighted by Crippen LogP contribution is 2.29. The standard InChI is InChI=1S/C19H28N4O2/c1-2-5-17-15(4-1)12-18(25-17)19-16(14-21-22-19)13-20-6-3-7-23-8-10-24-11-9-23/h1-2,4-5,12,16,19-22H,3,6-11,13-14H2. The smallest absolute Gasteiger partial charge is 0.134 e. The molecule has 2 fully saturated rings. The van der Waals surface area contributed by atoms with E-state index in [0.717, 1.165) is 63.8 Å². The van der Waals surface area contributed by atoms with Crippen molar-refractivity contribution in [1.29, 1.82) is 0 Å². The molecule has 2 aliphatic heterocycles. The Morgan fingerprint density at radius 2 is 2.08 bits per heavy atom. The van der Waals surface area contributed by atoms with Crippen molar-refractivity contribution in [3.63, 3.8) is 0 Å². The van der Waals surface area contributed by atoms with Gasteiger partial charge < -0.3 is 14.5 Å². The fourth-order valence-electron chi connectivity index (χ4n) is 3.72. The van der Waals surface area contributed by atoms with Gasteiger partial charge in [0.2, 0.25) is 0 Å². The predicted octanol–water partition coefficient (Wildman–Crippen LogP) is 1.51. The third-order valence-electron chi connectivity index (χ3n) is 5.18. The third kappa shape index (κ3) is 4.22. The van der Waals surface area contributed by atoms with Crippen molar-refractivity contribution in [2.24, 2.45) is 5.92 Å². The molecular weight excluding hydrogens is 316 g/mol. The first kappa shape index (κ1) is 17.0. The average molecular weight is 344 g/mol. The zero-order valence-electron chi connectivity index (χ0n) is 14.7. The van der Waals surface area contributed by atoms with E-state index in [4.69, 9.17) is 9.15 Å². The van der Waals surface area contributed by atoms with Crippen LogP contribution in [0.15, 0.2) is 34.7 Å². The Morgan fingerprint density at radius 1 is 1.20 bits per heavy atom. The molecule has 0 spiro atoms. The Hall–Kier alpha value is -1.44. The van der Waals surface area contributed by atoms with Gasteiger partial charge in [0.15, 0.2) is 0 Å². The molecule has 2 atom stereocenters. The van der Waals surface area contributed by atoms with Gasteiger partial charge in [0.05, 0.1) is 19.3 Å². The highest BCUT2D eigenvalue weighted by molar-refractivity contribution is 5.77. The summed E-state index contributed by atoms with van der Waals surface area (Å²) in [7, 11) is 0. The van der Waals surface area contributed by atoms with E-state index in [-0.39, 0.29) is 6.04 Å². The number of morpholine rings is 1. The van der Waals surface area contributed by atoms with Crippen LogP contribution in [0.3, 0.4) is 0 Å². The van der Waals surface area contributed by atoms with Crippen molar-refractivity contribution in [2.75, 3.05) is 52.5 Å². The highest BCUT2D eigenvalue weighted by Gasteiger charge is 2.30. The number of furan rings is 1. The first-order valence-electron chi connectivity index (χ1n) is 9.38. The van der Waals surface area contributed by atoms with Crippen LogP contribution in [-0.4, -0.2) is 57.4 Å². The molecule has 4 rings (SSSR count). The summed E-state index contributed by atoms with van der Waals surface area (Å²) in [4.78, 5) is 2.49. The molecule has 0 saturated carbocycles. The minimum Gasteiger partial charge on any atom is -0.459 e. The quantitative estimate of drug-likeness (QED) is 0.662. The lowest BCUT2D eigenvalue weighted by molar-refractivity contribution is 0.0374. The molecule has 25 heavy (non-hydrogen) atoms. The number of para-hydroxylation sites is 1. The van der Waals surface area contributed by atoms with Crippen molar-refractivity contribution in [2.45, 2.75) is 12.5 Å². The number of hydrogen-bond acceptors (Lipinski definition) is 6. The van der Waals surface area contributed by atoms with Gasteiger partial charge in [-0.3, -0.25) is 10.3 Å². The number of ether oxygens (including phenoxy) is 1. The molecule has 2 aromatic rings. The van der Waals surface area contributed by atoms with E-state index in [2.05, 4.69) is 39.3 Å². The zero-order chi connectivity index (χ0) is 16.9. The van der Waals surface area contributed by atoms with Gasteiger partial charge in [-0.2, -0.15) is 0 Å². The number of nitrogens with zero attached hydrogens (tertiary/aromatic N) is 1. The van der Waals surface area contributed by atoms with Crippen LogP contribution in [0.4, 0.5) is 0 Å². The molecule has 1 aromatic carbocycles. The van der Waals surface area contributed by atoms with E-state index in [0.29, 0.717) is 5.92 Å². The molecule has 2 unspecified atom stereocenters. The van der Waals surface area contributed by atoms with E-state index < -0.39 is 0 Å². The van der Waals surface area contributed by atoms with Gasteiger partial charge in [-0.15, -0.1) is 0 Å². The maximum Gasteiger partial charge on any atom is 0.134 e. The van der Waals surface area contributed by atoms with Crippen LogP contribution in [0.25, 0.3) is 11.0 Å². The van der Waals surface area contributed by atoms with Crippen molar-refractivity contribution in [3.8, 4) is 0 Å². The van der Waals surface area contributed by atoms with Gasteiger partial charge in [-0.25, -0.2) is 5.43 Å². The maximum absolute atomic E-state index is 6.04. The molecule has 0 radical (unpaired) electrons. The Morgan fingerprint density at radius 3 is 2.96 bits per heavy atom. The SMILES string of the molecule is c1ccc2oc(C3NNCC3CNCCCN3CCOCC3)cc2c1. The zero-order valence-corrected chi connectivity index (χ0v) is 14.7. The van der Waals surface area contributed by atoms with Crippen molar-refractivity contribution in [3.05, 3.63) is 36.1 Å². The second-order valence-electron chi connectivity index (χ2n) is 6.96. The van der Waals surface area contributed by atoms with Crippen molar-refractivity contribution in [1.82, 2.24) is 21.1 Å². The molecular formula is C19H28N4O2. The number of nitrogens with one attached hydrogen (secondary N) is 3. The molecule has 136 valence electrons. The van der Waals surface area contributed by atoms with E-state index >= 15 is 0 Å². The lowest BCUT2D eigenvalue weighted by Crippen LogP contribution is -2.38. The van der Waals surface area contributed by atoms with Crippen molar-refractivity contribution < 1.29 is 9.15 Å². The number of benzene rings is 1. The van der Waals surface area contributed by atoms with E-state index in [9.17, 15) is 0 Å². The predicted molar refractivity (Wildman–Crippen MR) is 98.3 cm³/mol. The number of rotatable bonds is 7. The topological polar surface area (TPSA) is 61.7 Å². The Balaban J connectivity index is 1.24. The molecule has 0 bridgehead atoms. The minimum atomic E-state index is 0.221. The summed E-state index contributed by atoms with van der Waals surface area (Å²) in [5.41, 5.74) is 7.62. The highest BCUT2D eigenvalue weighted by atomic mass is 16.5. The first-order valence-corrected chi connectivity index (χ1v) is 9.38. The van der Waals surface area contributed by atoms with Crippen LogP contribution in [0.5, 0.6) is 0 Å². The fraction of sp³-hybridized carbons (Fsp3) is 0.579. The largest absolute Gasteiger partial charge is 0.459 e. The monoisotopic (exact) mass is 344 g/mol. The van der Waals surface area contributed by atoms with Crippen LogP contribution < -0.4 is 16.2 Å². The fourth-order valence-corrected chi connectivity index (χ4v) is 3.72. The van der Waals surface area contributed by atoms with Crippen LogP contribution >= 0.6 is 0 Å². The third-order valence-corrected chi connectivity index (χ3v) is 5.18. The lowest BCUT2D eigenvalue weighted by atomic mass is 9.99. The normalized spacial score (nSPS) is 25.0. The van der Waals surface area contributed by atoms with Crippen LogP contribution in [0, 0.1) is 5.92 Å². The number of hydrazine groups is 1. The molecule has 1 aromatic heterocycles. The van der Waals surface area contributed by atoms with Crippen LogP contribution in [0.1, 0.15) is 18.2 Å². The van der Waals surface area contributed by atoms with E-state index in [1.165, 1.54) is 11.8 Å². The molecule has 2 saturated heterocycles. The van der Waals surface area contributed by atoms with Gasteiger partial charge >= 0.3 is 0 Å². The summed E-state index contributed by atoms with van der Waals surface area (Å²) in [6, 6.07) is 10.6. The van der Waals surface area contributed by atoms with Gasteiger partial charge in [0.1, 0.15) is 11.3 Å². The van der Waals surface area contributed by atoms with Crippen molar-refractivity contribution >= 4 is 11.0 Å². The van der Waals surface area contributed by atoms with Gasteiger partial charge in [0, 0.05) is 37.5 Å². The molecule has 0 amide bonds.